The van der Waals surface area contributed by atoms with Crippen molar-refractivity contribution in [1.29, 1.82) is 0 Å². The highest BCUT2D eigenvalue weighted by Gasteiger charge is 2.53. The number of amides is 1. The van der Waals surface area contributed by atoms with E-state index in [9.17, 15) is 4.79 Å². The van der Waals surface area contributed by atoms with Crippen molar-refractivity contribution in [2.45, 2.75) is 78.3 Å². The van der Waals surface area contributed by atoms with E-state index in [1.165, 1.54) is 44.1 Å². The van der Waals surface area contributed by atoms with Crippen molar-refractivity contribution in [1.82, 2.24) is 5.32 Å². The summed E-state index contributed by atoms with van der Waals surface area (Å²) in [4.78, 5) is 12.7. The Morgan fingerprint density at radius 3 is 2.36 bits per heavy atom. The number of hydrogen-bond acceptors (Lipinski definition) is 1. The van der Waals surface area contributed by atoms with Crippen molar-refractivity contribution in [2.24, 2.45) is 23.2 Å². The highest BCUT2D eigenvalue weighted by Crippen LogP contribution is 2.61. The highest BCUT2D eigenvalue weighted by atomic mass is 16.2. The molecule has 25 heavy (non-hydrogen) atoms. The van der Waals surface area contributed by atoms with E-state index >= 15 is 0 Å². The normalized spacial score (nSPS) is 34.1. The summed E-state index contributed by atoms with van der Waals surface area (Å²) >= 11 is 0. The third-order valence-electron chi connectivity index (χ3n) is 7.42. The third-order valence-corrected chi connectivity index (χ3v) is 7.42. The minimum atomic E-state index is 0.171. The summed E-state index contributed by atoms with van der Waals surface area (Å²) in [5, 5.41) is 3.39. The SMILES string of the molecule is CCc1ccc(C)[n+](CC(=O)N[C@H](C)C23CC4CC(CC(C4)C2)C3)c1. The molecule has 0 saturated heterocycles. The Bertz CT molecular complexity index is 631. The maximum Gasteiger partial charge on any atom is 0.286 e. The molecule has 136 valence electrons. The molecule has 0 spiro atoms. The summed E-state index contributed by atoms with van der Waals surface area (Å²) in [6, 6.07) is 4.58. The molecule has 0 aromatic carbocycles. The van der Waals surface area contributed by atoms with Crippen LogP contribution in [0.3, 0.4) is 0 Å². The summed E-state index contributed by atoms with van der Waals surface area (Å²) in [6.07, 6.45) is 11.5. The van der Waals surface area contributed by atoms with Gasteiger partial charge in [-0.2, -0.15) is 4.57 Å². The van der Waals surface area contributed by atoms with Gasteiger partial charge < -0.3 is 5.32 Å². The number of aromatic nitrogens is 1. The van der Waals surface area contributed by atoms with Gasteiger partial charge in [0.2, 0.25) is 6.54 Å². The first-order valence-corrected chi connectivity index (χ1v) is 10.3. The minimum Gasteiger partial charge on any atom is -0.348 e. The number of hydrogen-bond donors (Lipinski definition) is 1. The Labute approximate surface area is 152 Å². The number of rotatable bonds is 5. The summed E-state index contributed by atoms with van der Waals surface area (Å²) in [6.45, 7) is 6.95. The Morgan fingerprint density at radius 1 is 1.20 bits per heavy atom. The fourth-order valence-electron chi connectivity index (χ4n) is 6.35. The Kier molecular flexibility index (Phi) is 4.37. The molecule has 1 heterocycles. The molecule has 4 fully saturated rings. The predicted molar refractivity (Wildman–Crippen MR) is 99.0 cm³/mol. The molecule has 1 amide bonds. The van der Waals surface area contributed by atoms with E-state index in [1.807, 2.05) is 0 Å². The van der Waals surface area contributed by atoms with Crippen LogP contribution >= 0.6 is 0 Å². The molecule has 3 heteroatoms. The zero-order valence-corrected chi connectivity index (χ0v) is 16.1. The van der Waals surface area contributed by atoms with E-state index in [4.69, 9.17) is 0 Å². The van der Waals surface area contributed by atoms with E-state index in [1.54, 1.807) is 0 Å². The lowest BCUT2D eigenvalue weighted by atomic mass is 9.48. The van der Waals surface area contributed by atoms with Crippen molar-refractivity contribution < 1.29 is 9.36 Å². The summed E-state index contributed by atoms with van der Waals surface area (Å²) in [5.74, 6) is 2.97. The fraction of sp³-hybridized carbons (Fsp3) is 0.727. The number of carbonyl (C=O) groups excluding carboxylic acids is 1. The van der Waals surface area contributed by atoms with Crippen LogP contribution in [0.2, 0.25) is 0 Å². The van der Waals surface area contributed by atoms with Gasteiger partial charge in [0, 0.05) is 24.6 Å². The van der Waals surface area contributed by atoms with Gasteiger partial charge in [0.1, 0.15) is 0 Å². The van der Waals surface area contributed by atoms with Gasteiger partial charge in [-0.25, -0.2) is 0 Å². The van der Waals surface area contributed by atoms with Crippen LogP contribution in [0.4, 0.5) is 0 Å². The van der Waals surface area contributed by atoms with Crippen molar-refractivity contribution in [3.8, 4) is 0 Å². The topological polar surface area (TPSA) is 33.0 Å². The predicted octanol–water partition coefficient (Wildman–Crippen LogP) is 3.57. The monoisotopic (exact) mass is 341 g/mol. The molecular weight excluding hydrogens is 308 g/mol. The molecule has 1 aromatic rings. The first kappa shape index (κ1) is 17.1. The molecule has 4 aliphatic carbocycles. The summed E-state index contributed by atoms with van der Waals surface area (Å²) < 4.78 is 2.10. The van der Waals surface area contributed by atoms with Crippen molar-refractivity contribution >= 4 is 5.91 Å². The summed E-state index contributed by atoms with van der Waals surface area (Å²) in [5.41, 5.74) is 2.82. The average molecular weight is 342 g/mol. The van der Waals surface area contributed by atoms with E-state index in [2.05, 4.69) is 49.0 Å². The quantitative estimate of drug-likeness (QED) is 0.816. The third kappa shape index (κ3) is 3.22. The van der Waals surface area contributed by atoms with Crippen LogP contribution in [-0.2, 0) is 17.8 Å². The van der Waals surface area contributed by atoms with Gasteiger partial charge in [0.05, 0.1) is 0 Å². The Morgan fingerprint density at radius 2 is 1.80 bits per heavy atom. The van der Waals surface area contributed by atoms with Gasteiger partial charge in [0.15, 0.2) is 11.9 Å². The molecular formula is C22H33N2O+. The Balaban J connectivity index is 1.43. The number of carbonyl (C=O) groups is 1. The van der Waals surface area contributed by atoms with Crippen LogP contribution < -0.4 is 9.88 Å². The van der Waals surface area contributed by atoms with E-state index in [0.29, 0.717) is 18.0 Å². The highest BCUT2D eigenvalue weighted by molar-refractivity contribution is 5.74. The first-order valence-electron chi connectivity index (χ1n) is 10.3. The molecule has 5 rings (SSSR count). The number of nitrogens with one attached hydrogen (secondary N) is 1. The van der Waals surface area contributed by atoms with Crippen molar-refractivity contribution in [3.05, 3.63) is 29.6 Å². The van der Waals surface area contributed by atoms with Gasteiger partial charge in [0.25, 0.3) is 5.91 Å². The van der Waals surface area contributed by atoms with Crippen LogP contribution in [0.25, 0.3) is 0 Å². The van der Waals surface area contributed by atoms with Crippen molar-refractivity contribution in [3.63, 3.8) is 0 Å². The molecule has 3 nitrogen and oxygen atoms in total. The lowest BCUT2D eigenvalue weighted by Crippen LogP contribution is -2.57. The van der Waals surface area contributed by atoms with Crippen LogP contribution in [0.5, 0.6) is 0 Å². The van der Waals surface area contributed by atoms with Crippen LogP contribution in [-0.4, -0.2) is 11.9 Å². The van der Waals surface area contributed by atoms with E-state index in [-0.39, 0.29) is 5.91 Å². The van der Waals surface area contributed by atoms with Gasteiger partial charge in [-0.3, -0.25) is 4.79 Å². The fourth-order valence-corrected chi connectivity index (χ4v) is 6.35. The van der Waals surface area contributed by atoms with Crippen LogP contribution in [0.1, 0.15) is 63.6 Å². The molecule has 0 aliphatic heterocycles. The van der Waals surface area contributed by atoms with Crippen LogP contribution in [0, 0.1) is 30.1 Å². The maximum atomic E-state index is 12.7. The van der Waals surface area contributed by atoms with Gasteiger partial charge >= 0.3 is 0 Å². The standard InChI is InChI=1S/C22H32N2O/c1-4-17-6-5-15(2)24(13-17)14-21(25)23-16(3)22-10-18-7-19(11-22)9-20(8-18)12-22/h5-6,13,16,18-20H,4,7-12,14H2,1-3H3/p+1/t16-,18?,19?,20?,22?/m1/s1. The minimum absolute atomic E-state index is 0.171. The molecule has 4 saturated carbocycles. The van der Waals surface area contributed by atoms with E-state index < -0.39 is 0 Å². The number of nitrogens with zero attached hydrogens (tertiary/aromatic N) is 1. The molecule has 0 unspecified atom stereocenters. The average Bonchev–Trinajstić information content (AvgIpc) is 2.55. The Hall–Kier alpha value is -1.38. The lowest BCUT2D eigenvalue weighted by Gasteiger charge is -2.59. The molecule has 0 radical (unpaired) electrons. The molecule has 1 aromatic heterocycles. The van der Waals surface area contributed by atoms with Gasteiger partial charge in [-0.05, 0) is 81.1 Å². The molecule has 4 bridgehead atoms. The zero-order valence-electron chi connectivity index (χ0n) is 16.1. The molecule has 4 aliphatic rings. The van der Waals surface area contributed by atoms with Crippen molar-refractivity contribution in [2.75, 3.05) is 0 Å². The zero-order chi connectivity index (χ0) is 17.6. The molecule has 1 atom stereocenters. The maximum absolute atomic E-state index is 12.7. The number of aryl methyl sites for hydroxylation is 2. The number of pyridine rings is 1. The second kappa shape index (κ2) is 6.41. The molecule has 1 N–H and O–H groups in total. The second-order valence-electron chi connectivity index (χ2n) is 9.23. The van der Waals surface area contributed by atoms with Gasteiger partial charge in [-0.15, -0.1) is 0 Å². The van der Waals surface area contributed by atoms with E-state index in [0.717, 1.165) is 29.9 Å². The lowest BCUT2D eigenvalue weighted by molar-refractivity contribution is -0.690. The summed E-state index contributed by atoms with van der Waals surface area (Å²) in [7, 11) is 0. The largest absolute Gasteiger partial charge is 0.348 e. The van der Waals surface area contributed by atoms with Crippen LogP contribution in [0.15, 0.2) is 18.3 Å². The smallest absolute Gasteiger partial charge is 0.286 e. The van der Waals surface area contributed by atoms with Gasteiger partial charge in [-0.1, -0.05) is 6.92 Å². The second-order valence-corrected chi connectivity index (χ2v) is 9.23. The first-order chi connectivity index (χ1) is 12.0.